The Bertz CT molecular complexity index is 1270. The summed E-state index contributed by atoms with van der Waals surface area (Å²) in [6.07, 6.45) is -3.02. The van der Waals surface area contributed by atoms with E-state index in [0.717, 1.165) is 23.5 Å². The third kappa shape index (κ3) is 5.32. The molecule has 12 heteroatoms. The molecule has 1 aliphatic rings. The quantitative estimate of drug-likeness (QED) is 0.378. The number of benzene rings is 1. The zero-order valence-electron chi connectivity index (χ0n) is 17.0. The fraction of sp³-hybridized carbons (Fsp3) is 0.333. The Balaban J connectivity index is 1.43. The van der Waals surface area contributed by atoms with Crippen LogP contribution in [0.4, 0.5) is 13.2 Å². The molecule has 1 atom stereocenters. The number of carbonyl (C=O) groups excluding carboxylic acids is 1. The molecule has 0 aliphatic carbocycles. The second kappa shape index (κ2) is 9.46. The predicted molar refractivity (Wildman–Crippen MR) is 122 cm³/mol. The van der Waals surface area contributed by atoms with Crippen LogP contribution in [0.15, 0.2) is 46.0 Å². The van der Waals surface area contributed by atoms with E-state index in [4.69, 9.17) is 11.6 Å². The number of nitrogens with zero attached hydrogens (tertiary/aromatic N) is 2. The molecule has 0 spiro atoms. The van der Waals surface area contributed by atoms with E-state index < -0.39 is 27.8 Å². The summed E-state index contributed by atoms with van der Waals surface area (Å²) in [6.45, 7) is 0.269. The molecule has 1 saturated heterocycles. The highest BCUT2D eigenvalue weighted by molar-refractivity contribution is 7.91. The van der Waals surface area contributed by atoms with Crippen LogP contribution in [0.5, 0.6) is 0 Å². The van der Waals surface area contributed by atoms with Gasteiger partial charge in [0.15, 0.2) is 5.78 Å². The summed E-state index contributed by atoms with van der Waals surface area (Å²) in [5.74, 6) is -0.199. The number of rotatable bonds is 7. The number of thiophene rings is 1. The first-order valence-electron chi connectivity index (χ1n) is 9.97. The zero-order valence-corrected chi connectivity index (χ0v) is 20.2. The van der Waals surface area contributed by atoms with Gasteiger partial charge in [-0.05, 0) is 37.1 Å². The van der Waals surface area contributed by atoms with E-state index in [1.807, 2.05) is 0 Å². The molecule has 1 aliphatic heterocycles. The molecule has 5 nitrogen and oxygen atoms in total. The normalized spacial score (nSPS) is 17.5. The second-order valence-electron chi connectivity index (χ2n) is 7.50. The standard InChI is InChI=1S/C21H18ClF3N2O3S3/c22-18-7-9-20(32-18)33(29,30)27-10-2-5-16(27)17(28)6-8-19-26-15(12-31-19)13-3-1-4-14(11-13)21(23,24)25/h1,3-4,7,9,11-12,16H,2,5-6,8,10H2/t16-/m0/s1. The lowest BCUT2D eigenvalue weighted by atomic mass is 10.1. The Hall–Kier alpha value is -1.79. The van der Waals surface area contributed by atoms with Crippen LogP contribution in [0, 0.1) is 0 Å². The molecule has 0 N–H and O–H groups in total. The number of hydrogen-bond donors (Lipinski definition) is 0. The molecule has 0 unspecified atom stereocenters. The zero-order chi connectivity index (χ0) is 23.8. The number of aromatic nitrogens is 1. The summed E-state index contributed by atoms with van der Waals surface area (Å²) in [5.41, 5.74) is 0.00815. The van der Waals surface area contributed by atoms with E-state index in [0.29, 0.717) is 33.4 Å². The molecule has 0 radical (unpaired) electrons. The number of hydrogen-bond acceptors (Lipinski definition) is 6. The number of Topliss-reactive ketones (excluding diaryl/α,β-unsaturated/α-hetero) is 1. The molecule has 2 aromatic heterocycles. The number of halogens is 4. The van der Waals surface area contributed by atoms with Crippen molar-refractivity contribution >= 4 is 50.1 Å². The van der Waals surface area contributed by atoms with Gasteiger partial charge in [0.1, 0.15) is 4.21 Å². The predicted octanol–water partition coefficient (Wildman–Crippen LogP) is 5.90. The monoisotopic (exact) mass is 534 g/mol. The van der Waals surface area contributed by atoms with Crippen molar-refractivity contribution in [2.75, 3.05) is 6.54 Å². The molecular formula is C21H18ClF3N2O3S3. The van der Waals surface area contributed by atoms with Crippen molar-refractivity contribution in [3.05, 3.63) is 56.7 Å². The van der Waals surface area contributed by atoms with Crippen molar-refractivity contribution in [3.63, 3.8) is 0 Å². The van der Waals surface area contributed by atoms with Crippen molar-refractivity contribution in [1.82, 2.24) is 9.29 Å². The first kappa shape index (κ1) is 24.3. The topological polar surface area (TPSA) is 67.3 Å². The molecule has 176 valence electrons. The Labute approximate surface area is 201 Å². The van der Waals surface area contributed by atoms with Crippen LogP contribution < -0.4 is 0 Å². The van der Waals surface area contributed by atoms with Crippen LogP contribution in [-0.4, -0.2) is 36.1 Å². The minimum Gasteiger partial charge on any atom is -0.298 e. The first-order chi connectivity index (χ1) is 15.6. The molecule has 4 rings (SSSR count). The third-order valence-corrected chi connectivity index (χ3v) is 9.82. The smallest absolute Gasteiger partial charge is 0.298 e. The first-order valence-corrected chi connectivity index (χ1v) is 13.5. The average Bonchev–Trinajstić information content (AvgIpc) is 3.52. The largest absolute Gasteiger partial charge is 0.416 e. The summed E-state index contributed by atoms with van der Waals surface area (Å²) in [6, 6.07) is 7.14. The van der Waals surface area contributed by atoms with Crippen molar-refractivity contribution in [3.8, 4) is 11.3 Å². The van der Waals surface area contributed by atoms with Gasteiger partial charge in [-0.2, -0.15) is 17.5 Å². The Morgan fingerprint density at radius 3 is 2.73 bits per heavy atom. The second-order valence-corrected chi connectivity index (χ2v) is 12.3. The Kier molecular flexibility index (Phi) is 6.97. The summed E-state index contributed by atoms with van der Waals surface area (Å²) in [7, 11) is -3.80. The van der Waals surface area contributed by atoms with Gasteiger partial charge in [-0.3, -0.25) is 4.79 Å². The van der Waals surface area contributed by atoms with Gasteiger partial charge < -0.3 is 0 Å². The van der Waals surface area contributed by atoms with Crippen LogP contribution >= 0.6 is 34.3 Å². The highest BCUT2D eigenvalue weighted by atomic mass is 35.5. The summed E-state index contributed by atoms with van der Waals surface area (Å²) < 4.78 is 66.5. The van der Waals surface area contributed by atoms with Crippen molar-refractivity contribution < 1.29 is 26.4 Å². The number of alkyl halides is 3. The highest BCUT2D eigenvalue weighted by Crippen LogP contribution is 2.34. The maximum atomic E-state index is 13.0. The molecule has 1 aromatic carbocycles. The summed E-state index contributed by atoms with van der Waals surface area (Å²) in [5, 5.41) is 2.26. The van der Waals surface area contributed by atoms with Crippen LogP contribution in [-0.2, 0) is 27.4 Å². The summed E-state index contributed by atoms with van der Waals surface area (Å²) >= 11 is 8.09. The molecule has 3 aromatic rings. The van der Waals surface area contributed by atoms with Crippen molar-refractivity contribution in [2.24, 2.45) is 0 Å². The van der Waals surface area contributed by atoms with E-state index in [9.17, 15) is 26.4 Å². The lowest BCUT2D eigenvalue weighted by molar-refractivity contribution is -0.137. The molecule has 0 bridgehead atoms. The Morgan fingerprint density at radius 2 is 2.03 bits per heavy atom. The van der Waals surface area contributed by atoms with Crippen LogP contribution in [0.1, 0.15) is 29.8 Å². The number of ketones is 1. The summed E-state index contributed by atoms with van der Waals surface area (Å²) in [4.78, 5) is 17.2. The lowest BCUT2D eigenvalue weighted by Crippen LogP contribution is -2.40. The van der Waals surface area contributed by atoms with Crippen molar-refractivity contribution in [2.45, 2.75) is 42.1 Å². The lowest BCUT2D eigenvalue weighted by Gasteiger charge is -2.22. The van der Waals surface area contributed by atoms with E-state index in [1.165, 1.54) is 33.8 Å². The van der Waals surface area contributed by atoms with E-state index in [1.54, 1.807) is 11.4 Å². The fourth-order valence-corrected chi connectivity index (χ4v) is 7.81. The van der Waals surface area contributed by atoms with E-state index in [2.05, 4.69) is 4.98 Å². The van der Waals surface area contributed by atoms with Gasteiger partial charge in [-0.15, -0.1) is 22.7 Å². The van der Waals surface area contributed by atoms with Crippen molar-refractivity contribution in [1.29, 1.82) is 0 Å². The minimum atomic E-state index is -4.44. The SMILES string of the molecule is O=C(CCc1nc(-c2cccc(C(F)(F)F)c2)cs1)[C@@H]1CCCN1S(=O)(=O)c1ccc(Cl)s1. The maximum absolute atomic E-state index is 13.0. The van der Waals surface area contributed by atoms with Gasteiger partial charge in [-0.1, -0.05) is 23.7 Å². The number of thiazole rings is 1. The van der Waals surface area contributed by atoms with Crippen LogP contribution in [0.3, 0.4) is 0 Å². The van der Waals surface area contributed by atoms with Gasteiger partial charge in [0, 0.05) is 30.3 Å². The highest BCUT2D eigenvalue weighted by Gasteiger charge is 2.39. The van der Waals surface area contributed by atoms with Gasteiger partial charge in [0.2, 0.25) is 0 Å². The Morgan fingerprint density at radius 1 is 1.24 bits per heavy atom. The molecule has 1 fully saturated rings. The molecule has 0 amide bonds. The average molecular weight is 535 g/mol. The van der Waals surface area contributed by atoms with Gasteiger partial charge in [0.25, 0.3) is 10.0 Å². The number of carbonyl (C=O) groups is 1. The van der Waals surface area contributed by atoms with E-state index in [-0.39, 0.29) is 29.4 Å². The van der Waals surface area contributed by atoms with Gasteiger partial charge in [-0.25, -0.2) is 13.4 Å². The van der Waals surface area contributed by atoms with E-state index >= 15 is 0 Å². The molecular weight excluding hydrogens is 517 g/mol. The third-order valence-electron chi connectivity index (χ3n) is 5.31. The van der Waals surface area contributed by atoms with Gasteiger partial charge in [0.05, 0.1) is 26.6 Å². The number of sulfonamides is 1. The molecule has 3 heterocycles. The maximum Gasteiger partial charge on any atom is 0.416 e. The number of aryl methyl sites for hydroxylation is 1. The molecule has 0 saturated carbocycles. The van der Waals surface area contributed by atoms with Crippen LogP contribution in [0.2, 0.25) is 4.34 Å². The van der Waals surface area contributed by atoms with Gasteiger partial charge >= 0.3 is 6.18 Å². The molecule has 33 heavy (non-hydrogen) atoms. The fourth-order valence-electron chi connectivity index (χ4n) is 3.71. The minimum absolute atomic E-state index is 0.0947. The van der Waals surface area contributed by atoms with Crippen LogP contribution in [0.25, 0.3) is 11.3 Å².